The maximum Gasteiger partial charge on any atom is 0.307 e. The standard InChI is InChI=1S/C16H16FNO5S/c1-10-3-5-13(12(17)7-10)18-24(21,22)15-8-11(9-16(19)20)4-6-14(15)23-2/h3-8,18H,9H2,1-2H3,(H,19,20). The Bertz CT molecular complexity index is 880. The molecule has 0 spiro atoms. The number of anilines is 1. The van der Waals surface area contributed by atoms with Crippen LogP contribution in [0.15, 0.2) is 41.3 Å². The van der Waals surface area contributed by atoms with Crippen molar-refractivity contribution in [3.63, 3.8) is 0 Å². The Morgan fingerprint density at radius 3 is 2.54 bits per heavy atom. The number of benzene rings is 2. The van der Waals surface area contributed by atoms with Crippen LogP contribution in [-0.2, 0) is 21.2 Å². The largest absolute Gasteiger partial charge is 0.495 e. The average Bonchev–Trinajstić information content (AvgIpc) is 2.49. The molecule has 6 nitrogen and oxygen atoms in total. The van der Waals surface area contributed by atoms with Crippen LogP contribution in [0.2, 0.25) is 0 Å². The quantitative estimate of drug-likeness (QED) is 0.833. The number of methoxy groups -OCH3 is 1. The van der Waals surface area contributed by atoms with Crippen LogP contribution >= 0.6 is 0 Å². The molecule has 0 fully saturated rings. The third-order valence-corrected chi connectivity index (χ3v) is 4.63. The summed E-state index contributed by atoms with van der Waals surface area (Å²) in [6.45, 7) is 1.68. The highest BCUT2D eigenvalue weighted by Gasteiger charge is 2.22. The molecule has 2 rings (SSSR count). The molecule has 0 heterocycles. The smallest absolute Gasteiger partial charge is 0.307 e. The Kier molecular flexibility index (Phi) is 5.08. The van der Waals surface area contributed by atoms with Gasteiger partial charge in [-0.1, -0.05) is 12.1 Å². The van der Waals surface area contributed by atoms with Crippen molar-refractivity contribution in [2.24, 2.45) is 0 Å². The zero-order valence-electron chi connectivity index (χ0n) is 13.0. The lowest BCUT2D eigenvalue weighted by atomic mass is 10.1. The number of carboxylic acids is 1. The van der Waals surface area contributed by atoms with Crippen molar-refractivity contribution in [2.75, 3.05) is 11.8 Å². The first-order valence-electron chi connectivity index (χ1n) is 6.90. The van der Waals surface area contributed by atoms with E-state index in [0.717, 1.165) is 0 Å². The van der Waals surface area contributed by atoms with Crippen LogP contribution in [0.5, 0.6) is 5.75 Å². The summed E-state index contributed by atoms with van der Waals surface area (Å²) >= 11 is 0. The monoisotopic (exact) mass is 353 g/mol. The number of aliphatic carboxylic acids is 1. The van der Waals surface area contributed by atoms with E-state index in [1.54, 1.807) is 13.0 Å². The second-order valence-corrected chi connectivity index (χ2v) is 6.80. The molecular formula is C16H16FNO5S. The molecule has 0 bridgehead atoms. The average molecular weight is 353 g/mol. The summed E-state index contributed by atoms with van der Waals surface area (Å²) in [5.41, 5.74) is 0.732. The van der Waals surface area contributed by atoms with Crippen LogP contribution in [0.25, 0.3) is 0 Å². The molecule has 128 valence electrons. The minimum atomic E-state index is -4.16. The first-order chi connectivity index (χ1) is 11.2. The summed E-state index contributed by atoms with van der Waals surface area (Å²) in [4.78, 5) is 10.5. The van der Waals surface area contributed by atoms with E-state index < -0.39 is 21.8 Å². The van der Waals surface area contributed by atoms with Gasteiger partial charge in [-0.05, 0) is 42.3 Å². The summed E-state index contributed by atoms with van der Waals surface area (Å²) in [5.74, 6) is -1.77. The van der Waals surface area contributed by atoms with Gasteiger partial charge in [0, 0.05) is 0 Å². The second kappa shape index (κ2) is 6.88. The van der Waals surface area contributed by atoms with Crippen molar-refractivity contribution < 1.29 is 27.4 Å². The van der Waals surface area contributed by atoms with Crippen molar-refractivity contribution in [2.45, 2.75) is 18.2 Å². The molecule has 24 heavy (non-hydrogen) atoms. The number of halogens is 1. The van der Waals surface area contributed by atoms with E-state index >= 15 is 0 Å². The maximum absolute atomic E-state index is 13.9. The van der Waals surface area contributed by atoms with Gasteiger partial charge in [0.25, 0.3) is 10.0 Å². The summed E-state index contributed by atoms with van der Waals surface area (Å²) < 4.78 is 46.2. The van der Waals surface area contributed by atoms with Crippen LogP contribution < -0.4 is 9.46 Å². The Balaban J connectivity index is 2.45. The van der Waals surface area contributed by atoms with E-state index in [4.69, 9.17) is 9.84 Å². The molecule has 0 radical (unpaired) electrons. The van der Waals surface area contributed by atoms with Crippen molar-refractivity contribution >= 4 is 21.7 Å². The number of sulfonamides is 1. The summed E-state index contributed by atoms with van der Waals surface area (Å²) in [7, 11) is -2.87. The van der Waals surface area contributed by atoms with Gasteiger partial charge >= 0.3 is 5.97 Å². The molecule has 0 saturated heterocycles. The molecule has 2 aromatic carbocycles. The first-order valence-corrected chi connectivity index (χ1v) is 8.39. The summed E-state index contributed by atoms with van der Waals surface area (Å²) in [5, 5.41) is 8.84. The van der Waals surface area contributed by atoms with Crippen molar-refractivity contribution in [3.05, 3.63) is 53.3 Å². The van der Waals surface area contributed by atoms with Crippen LogP contribution in [0.4, 0.5) is 10.1 Å². The van der Waals surface area contributed by atoms with Gasteiger partial charge in [0.2, 0.25) is 0 Å². The van der Waals surface area contributed by atoms with Gasteiger partial charge in [0.15, 0.2) is 0 Å². The molecule has 0 aliphatic heterocycles. The topological polar surface area (TPSA) is 92.7 Å². The number of hydrogen-bond acceptors (Lipinski definition) is 4. The molecule has 0 amide bonds. The van der Waals surface area contributed by atoms with Crippen molar-refractivity contribution in [3.8, 4) is 5.75 Å². The molecule has 8 heteroatoms. The Labute approximate surface area is 138 Å². The van der Waals surface area contributed by atoms with E-state index in [1.807, 2.05) is 0 Å². The number of aryl methyl sites for hydroxylation is 1. The number of rotatable bonds is 6. The summed E-state index contributed by atoms with van der Waals surface area (Å²) in [6, 6.07) is 8.10. The van der Waals surface area contributed by atoms with E-state index in [1.165, 1.54) is 37.4 Å². The lowest BCUT2D eigenvalue weighted by molar-refractivity contribution is -0.136. The number of ether oxygens (including phenoxy) is 1. The van der Waals surface area contributed by atoms with E-state index in [-0.39, 0.29) is 28.3 Å². The lowest BCUT2D eigenvalue weighted by Gasteiger charge is -2.13. The molecular weight excluding hydrogens is 337 g/mol. The van der Waals surface area contributed by atoms with Crippen molar-refractivity contribution in [1.82, 2.24) is 0 Å². The third kappa shape index (κ3) is 4.02. The number of carboxylic acid groups (broad SMARTS) is 1. The van der Waals surface area contributed by atoms with E-state index in [0.29, 0.717) is 5.56 Å². The maximum atomic E-state index is 13.9. The molecule has 0 atom stereocenters. The Hall–Kier alpha value is -2.61. The highest BCUT2D eigenvalue weighted by molar-refractivity contribution is 7.92. The van der Waals surface area contributed by atoms with Crippen LogP contribution in [0.1, 0.15) is 11.1 Å². The SMILES string of the molecule is COc1ccc(CC(=O)O)cc1S(=O)(=O)Nc1ccc(C)cc1F. The van der Waals surface area contributed by atoms with Gasteiger partial charge in [-0.3, -0.25) is 9.52 Å². The fourth-order valence-corrected chi connectivity index (χ4v) is 3.41. The van der Waals surface area contributed by atoms with Gasteiger partial charge in [-0.2, -0.15) is 0 Å². The van der Waals surface area contributed by atoms with Gasteiger partial charge in [-0.15, -0.1) is 0 Å². The molecule has 2 aromatic rings. The first kappa shape index (κ1) is 17.7. The third-order valence-electron chi connectivity index (χ3n) is 3.24. The van der Waals surface area contributed by atoms with Gasteiger partial charge in [0.05, 0.1) is 19.2 Å². The minimum absolute atomic E-state index is 0.0316. The van der Waals surface area contributed by atoms with E-state index in [2.05, 4.69) is 4.72 Å². The van der Waals surface area contributed by atoms with Crippen LogP contribution in [0, 0.1) is 12.7 Å². The predicted molar refractivity (Wildman–Crippen MR) is 86.3 cm³/mol. The highest BCUT2D eigenvalue weighted by Crippen LogP contribution is 2.28. The zero-order valence-corrected chi connectivity index (χ0v) is 13.9. The second-order valence-electron chi connectivity index (χ2n) is 5.14. The molecule has 0 aromatic heterocycles. The molecule has 2 N–H and O–H groups in total. The lowest BCUT2D eigenvalue weighted by Crippen LogP contribution is -2.16. The minimum Gasteiger partial charge on any atom is -0.495 e. The Morgan fingerprint density at radius 1 is 1.25 bits per heavy atom. The number of hydrogen-bond donors (Lipinski definition) is 2. The van der Waals surface area contributed by atoms with Crippen molar-refractivity contribution in [1.29, 1.82) is 0 Å². The summed E-state index contributed by atoms with van der Waals surface area (Å²) in [6.07, 6.45) is -0.342. The number of carbonyl (C=O) groups is 1. The fourth-order valence-electron chi connectivity index (χ4n) is 2.12. The van der Waals surface area contributed by atoms with Crippen LogP contribution in [-0.4, -0.2) is 26.6 Å². The van der Waals surface area contributed by atoms with E-state index in [9.17, 15) is 17.6 Å². The normalized spacial score (nSPS) is 11.1. The zero-order chi connectivity index (χ0) is 17.9. The molecule has 0 aliphatic rings. The molecule has 0 unspecified atom stereocenters. The van der Waals surface area contributed by atoms with Gasteiger partial charge in [0.1, 0.15) is 16.5 Å². The van der Waals surface area contributed by atoms with Gasteiger partial charge in [-0.25, -0.2) is 12.8 Å². The molecule has 0 saturated carbocycles. The Morgan fingerprint density at radius 2 is 1.96 bits per heavy atom. The van der Waals surface area contributed by atoms with Gasteiger partial charge < -0.3 is 9.84 Å². The van der Waals surface area contributed by atoms with Crippen LogP contribution in [0.3, 0.4) is 0 Å². The highest BCUT2D eigenvalue weighted by atomic mass is 32.2. The number of nitrogens with one attached hydrogen (secondary N) is 1. The predicted octanol–water partition coefficient (Wildman–Crippen LogP) is 2.57. The molecule has 0 aliphatic carbocycles. The fraction of sp³-hybridized carbons (Fsp3) is 0.188.